The molecule has 5 nitrogen and oxygen atoms in total. The molecule has 2 amide bonds. The zero-order chi connectivity index (χ0) is 15.5. The number of benzene rings is 1. The molecule has 1 rings (SSSR count). The highest BCUT2D eigenvalue weighted by Gasteiger charge is 2.09. The Labute approximate surface area is 125 Å². The highest BCUT2D eigenvalue weighted by Crippen LogP contribution is 2.13. The maximum atomic E-state index is 11.2. The lowest BCUT2D eigenvalue weighted by Crippen LogP contribution is -2.38. The van der Waals surface area contributed by atoms with Crippen LogP contribution < -0.4 is 10.6 Å². The van der Waals surface area contributed by atoms with E-state index < -0.39 is 11.8 Å². The third kappa shape index (κ3) is 6.40. The SMILES string of the molecule is CNC(=O)C(=O)NCCCCc1ccccc1CCCO. The van der Waals surface area contributed by atoms with E-state index in [0.29, 0.717) is 6.54 Å². The predicted molar refractivity (Wildman–Crippen MR) is 81.9 cm³/mol. The highest BCUT2D eigenvalue weighted by molar-refractivity contribution is 6.34. The molecule has 0 atom stereocenters. The molecule has 0 aliphatic carbocycles. The summed E-state index contributed by atoms with van der Waals surface area (Å²) in [6.07, 6.45) is 4.39. The molecule has 0 fully saturated rings. The van der Waals surface area contributed by atoms with Crippen molar-refractivity contribution in [3.8, 4) is 0 Å². The van der Waals surface area contributed by atoms with Crippen molar-refractivity contribution in [2.45, 2.75) is 32.1 Å². The number of nitrogens with one attached hydrogen (secondary N) is 2. The van der Waals surface area contributed by atoms with Gasteiger partial charge in [-0.25, -0.2) is 0 Å². The average molecular weight is 292 g/mol. The predicted octanol–water partition coefficient (Wildman–Crippen LogP) is 0.796. The zero-order valence-electron chi connectivity index (χ0n) is 12.5. The molecule has 116 valence electrons. The normalized spacial score (nSPS) is 10.2. The van der Waals surface area contributed by atoms with Crippen molar-refractivity contribution < 1.29 is 14.7 Å². The summed E-state index contributed by atoms with van der Waals surface area (Å²) in [6.45, 7) is 0.713. The molecule has 21 heavy (non-hydrogen) atoms. The van der Waals surface area contributed by atoms with E-state index in [9.17, 15) is 9.59 Å². The fraction of sp³-hybridized carbons (Fsp3) is 0.500. The second-order valence-electron chi connectivity index (χ2n) is 4.89. The number of carbonyl (C=O) groups excluding carboxylic acids is 2. The standard InChI is InChI=1S/C16H24N2O3/c1-17-15(20)16(21)18-11-5-4-9-13-7-2-3-8-14(13)10-6-12-19/h2-3,7-8,19H,4-6,9-12H2,1H3,(H,17,20)(H,18,21). The maximum Gasteiger partial charge on any atom is 0.309 e. The summed E-state index contributed by atoms with van der Waals surface area (Å²) in [6, 6.07) is 8.24. The van der Waals surface area contributed by atoms with E-state index in [2.05, 4.69) is 22.8 Å². The van der Waals surface area contributed by atoms with Gasteiger partial charge in [0.2, 0.25) is 0 Å². The van der Waals surface area contributed by atoms with Crippen LogP contribution in [0, 0.1) is 0 Å². The molecule has 1 aromatic rings. The van der Waals surface area contributed by atoms with E-state index in [1.54, 1.807) is 0 Å². The summed E-state index contributed by atoms with van der Waals surface area (Å²) in [4.78, 5) is 22.2. The first-order valence-electron chi connectivity index (χ1n) is 7.36. The quantitative estimate of drug-likeness (QED) is 0.490. The summed E-state index contributed by atoms with van der Waals surface area (Å²) in [5.74, 6) is -1.19. The average Bonchev–Trinajstić information content (AvgIpc) is 2.52. The van der Waals surface area contributed by atoms with Crippen molar-refractivity contribution in [3.05, 3.63) is 35.4 Å². The Balaban J connectivity index is 2.29. The van der Waals surface area contributed by atoms with E-state index in [1.165, 1.54) is 18.2 Å². The van der Waals surface area contributed by atoms with Crippen LogP contribution in [0.1, 0.15) is 30.4 Å². The molecule has 0 spiro atoms. The molecule has 0 saturated heterocycles. The lowest BCUT2D eigenvalue weighted by Gasteiger charge is -2.09. The van der Waals surface area contributed by atoms with E-state index in [-0.39, 0.29) is 6.61 Å². The second kappa shape index (κ2) is 9.94. The van der Waals surface area contributed by atoms with E-state index in [4.69, 9.17) is 5.11 Å². The maximum absolute atomic E-state index is 11.2. The van der Waals surface area contributed by atoms with Crippen molar-refractivity contribution >= 4 is 11.8 Å². The molecular weight excluding hydrogens is 268 g/mol. The molecule has 3 N–H and O–H groups in total. The fourth-order valence-corrected chi connectivity index (χ4v) is 2.15. The van der Waals surface area contributed by atoms with Gasteiger partial charge in [0.05, 0.1) is 0 Å². The van der Waals surface area contributed by atoms with Crippen LogP contribution in [0.15, 0.2) is 24.3 Å². The molecule has 5 heteroatoms. The summed E-state index contributed by atoms with van der Waals surface area (Å²) in [7, 11) is 1.44. The largest absolute Gasteiger partial charge is 0.396 e. The second-order valence-corrected chi connectivity index (χ2v) is 4.89. The molecule has 0 aliphatic rings. The van der Waals surface area contributed by atoms with E-state index in [0.717, 1.165) is 32.1 Å². The number of amides is 2. The number of aliphatic hydroxyl groups is 1. The van der Waals surface area contributed by atoms with Gasteiger partial charge in [0, 0.05) is 20.2 Å². The Morgan fingerprint density at radius 1 is 1.00 bits per heavy atom. The van der Waals surface area contributed by atoms with Gasteiger partial charge in [0.1, 0.15) is 0 Å². The van der Waals surface area contributed by atoms with Crippen molar-refractivity contribution in [1.29, 1.82) is 0 Å². The Morgan fingerprint density at radius 2 is 1.62 bits per heavy atom. The molecule has 0 radical (unpaired) electrons. The summed E-state index contributed by atoms with van der Waals surface area (Å²) in [5, 5.41) is 13.8. The lowest BCUT2D eigenvalue weighted by atomic mass is 9.98. The first-order chi connectivity index (χ1) is 10.2. The van der Waals surface area contributed by atoms with Crippen molar-refractivity contribution in [2.75, 3.05) is 20.2 Å². The van der Waals surface area contributed by atoms with Gasteiger partial charge in [0.25, 0.3) is 0 Å². The van der Waals surface area contributed by atoms with Gasteiger partial charge in [-0.1, -0.05) is 24.3 Å². The number of aryl methyl sites for hydroxylation is 2. The van der Waals surface area contributed by atoms with Gasteiger partial charge in [0.15, 0.2) is 0 Å². The Bertz CT molecular complexity index is 461. The monoisotopic (exact) mass is 292 g/mol. The Kier molecular flexibility index (Phi) is 8.12. The van der Waals surface area contributed by atoms with Crippen LogP contribution >= 0.6 is 0 Å². The Hall–Kier alpha value is -1.88. The third-order valence-corrected chi connectivity index (χ3v) is 3.31. The summed E-state index contributed by atoms with van der Waals surface area (Å²) in [5.41, 5.74) is 2.57. The van der Waals surface area contributed by atoms with Crippen molar-refractivity contribution in [2.24, 2.45) is 0 Å². The van der Waals surface area contributed by atoms with Gasteiger partial charge in [-0.15, -0.1) is 0 Å². The smallest absolute Gasteiger partial charge is 0.309 e. The van der Waals surface area contributed by atoms with Crippen LogP contribution in [-0.2, 0) is 22.4 Å². The van der Waals surface area contributed by atoms with Gasteiger partial charge in [-0.05, 0) is 43.2 Å². The third-order valence-electron chi connectivity index (χ3n) is 3.31. The summed E-state index contributed by atoms with van der Waals surface area (Å²) >= 11 is 0. The minimum Gasteiger partial charge on any atom is -0.396 e. The number of unbranched alkanes of at least 4 members (excludes halogenated alkanes) is 1. The van der Waals surface area contributed by atoms with Crippen LogP contribution in [0.25, 0.3) is 0 Å². The molecule has 0 aliphatic heterocycles. The molecular formula is C16H24N2O3. The van der Waals surface area contributed by atoms with Crippen LogP contribution in [0.5, 0.6) is 0 Å². The summed E-state index contributed by atoms with van der Waals surface area (Å²) < 4.78 is 0. The number of hydrogen-bond acceptors (Lipinski definition) is 3. The number of hydrogen-bond donors (Lipinski definition) is 3. The number of rotatable bonds is 8. The van der Waals surface area contributed by atoms with Crippen molar-refractivity contribution in [3.63, 3.8) is 0 Å². The lowest BCUT2D eigenvalue weighted by molar-refractivity contribution is -0.138. The van der Waals surface area contributed by atoms with Crippen LogP contribution in [0.2, 0.25) is 0 Å². The minimum atomic E-state index is -0.607. The molecule has 0 aromatic heterocycles. The highest BCUT2D eigenvalue weighted by atomic mass is 16.3. The number of aliphatic hydroxyl groups excluding tert-OH is 1. The zero-order valence-corrected chi connectivity index (χ0v) is 12.5. The molecule has 1 aromatic carbocycles. The van der Waals surface area contributed by atoms with Gasteiger partial charge < -0.3 is 15.7 Å². The van der Waals surface area contributed by atoms with Crippen LogP contribution in [-0.4, -0.2) is 37.1 Å². The van der Waals surface area contributed by atoms with E-state index in [1.807, 2.05) is 12.1 Å². The van der Waals surface area contributed by atoms with Gasteiger partial charge in [-0.2, -0.15) is 0 Å². The Morgan fingerprint density at radius 3 is 2.19 bits per heavy atom. The molecule has 0 saturated carbocycles. The van der Waals surface area contributed by atoms with Gasteiger partial charge >= 0.3 is 11.8 Å². The molecule has 0 bridgehead atoms. The molecule has 0 unspecified atom stereocenters. The first kappa shape index (κ1) is 17.2. The number of likely N-dealkylation sites (N-methyl/N-ethyl adjacent to an activating group) is 1. The van der Waals surface area contributed by atoms with Crippen LogP contribution in [0.4, 0.5) is 0 Å². The van der Waals surface area contributed by atoms with Gasteiger partial charge in [-0.3, -0.25) is 9.59 Å². The topological polar surface area (TPSA) is 78.4 Å². The van der Waals surface area contributed by atoms with Crippen molar-refractivity contribution in [1.82, 2.24) is 10.6 Å². The fourth-order valence-electron chi connectivity index (χ4n) is 2.15. The van der Waals surface area contributed by atoms with E-state index >= 15 is 0 Å². The minimum absolute atomic E-state index is 0.208. The molecule has 0 heterocycles. The first-order valence-corrected chi connectivity index (χ1v) is 7.36. The van der Waals surface area contributed by atoms with Crippen LogP contribution in [0.3, 0.4) is 0 Å². The number of carbonyl (C=O) groups is 2.